The Morgan fingerprint density at radius 1 is 1.33 bits per heavy atom. The van der Waals surface area contributed by atoms with Crippen LogP contribution < -0.4 is 5.32 Å². The Hall–Kier alpha value is -2.10. The summed E-state index contributed by atoms with van der Waals surface area (Å²) in [5, 5.41) is 14.3. The predicted molar refractivity (Wildman–Crippen MR) is 93.8 cm³/mol. The van der Waals surface area contributed by atoms with Gasteiger partial charge in [0.25, 0.3) is 5.91 Å². The summed E-state index contributed by atoms with van der Waals surface area (Å²) in [6.45, 7) is 5.42. The minimum absolute atomic E-state index is 0.0294. The lowest BCUT2D eigenvalue weighted by Crippen LogP contribution is -2.54. The quantitative estimate of drug-likeness (QED) is 0.904. The number of benzene rings is 1. The summed E-state index contributed by atoms with van der Waals surface area (Å²) in [5.74, 6) is 1.89. The first-order valence-corrected chi connectivity index (χ1v) is 8.83. The number of hydrogen-bond acceptors (Lipinski definition) is 3. The Morgan fingerprint density at radius 3 is 2.92 bits per heavy atom. The Bertz CT molecular complexity index is 797. The third-order valence-electron chi connectivity index (χ3n) is 6.52. The molecule has 1 aromatic heterocycles. The van der Waals surface area contributed by atoms with E-state index in [1.165, 1.54) is 19.3 Å². The van der Waals surface area contributed by atoms with Crippen LogP contribution in [0.2, 0.25) is 0 Å². The summed E-state index contributed by atoms with van der Waals surface area (Å²) < 4.78 is 0. The zero-order valence-corrected chi connectivity index (χ0v) is 14.2. The largest absolute Gasteiger partial charge is 0.505 e. The van der Waals surface area contributed by atoms with Gasteiger partial charge in [-0.3, -0.25) is 9.78 Å². The summed E-state index contributed by atoms with van der Waals surface area (Å²) in [6, 6.07) is 7.20. The molecule has 3 unspecified atom stereocenters. The summed E-state index contributed by atoms with van der Waals surface area (Å²) in [7, 11) is 0. The number of phenols is 1. The van der Waals surface area contributed by atoms with Crippen molar-refractivity contribution in [2.24, 2.45) is 23.2 Å². The number of nitrogens with zero attached hydrogens (tertiary/aromatic N) is 1. The Kier molecular flexibility index (Phi) is 3.52. The van der Waals surface area contributed by atoms with Gasteiger partial charge in [0.15, 0.2) is 5.75 Å². The first-order valence-electron chi connectivity index (χ1n) is 8.83. The maximum atomic E-state index is 12.5. The zero-order chi connectivity index (χ0) is 16.9. The lowest BCUT2D eigenvalue weighted by Gasteiger charge is -2.60. The van der Waals surface area contributed by atoms with Crippen LogP contribution >= 0.6 is 0 Å². The second-order valence-electron chi connectivity index (χ2n) is 7.94. The van der Waals surface area contributed by atoms with Crippen molar-refractivity contribution in [3.05, 3.63) is 36.0 Å². The molecular formula is C20H24N2O2. The molecule has 0 radical (unpaired) electrons. The number of fused-ring (bicyclic) bond motifs is 3. The molecule has 3 fully saturated rings. The number of carbonyl (C=O) groups excluding carboxylic acids is 1. The number of phenolic OH excluding ortho intramolecular Hbond substituents is 1. The molecule has 126 valence electrons. The van der Waals surface area contributed by atoms with Gasteiger partial charge in [-0.25, -0.2) is 0 Å². The fraction of sp³-hybridized carbons (Fsp3) is 0.500. The van der Waals surface area contributed by atoms with Crippen LogP contribution in [-0.4, -0.2) is 22.5 Å². The molecule has 3 aliphatic rings. The van der Waals surface area contributed by atoms with Gasteiger partial charge in [0.1, 0.15) is 5.52 Å². The van der Waals surface area contributed by atoms with Gasteiger partial charge in [0, 0.05) is 18.1 Å². The second kappa shape index (κ2) is 5.47. The first kappa shape index (κ1) is 15.4. The van der Waals surface area contributed by atoms with E-state index in [0.717, 1.165) is 11.3 Å². The number of aromatic hydroxyl groups is 1. The third kappa shape index (κ3) is 2.27. The molecule has 4 heteroatoms. The van der Waals surface area contributed by atoms with E-state index in [-0.39, 0.29) is 11.7 Å². The van der Waals surface area contributed by atoms with E-state index >= 15 is 0 Å². The van der Waals surface area contributed by atoms with Crippen LogP contribution in [0.3, 0.4) is 0 Å². The summed E-state index contributed by atoms with van der Waals surface area (Å²) >= 11 is 0. The predicted octanol–water partition coefficient (Wildman–Crippen LogP) is 3.74. The molecule has 0 spiro atoms. The maximum absolute atomic E-state index is 12.5. The molecule has 3 saturated carbocycles. The van der Waals surface area contributed by atoms with Crippen LogP contribution in [0.5, 0.6) is 5.75 Å². The van der Waals surface area contributed by atoms with E-state index in [1.54, 1.807) is 12.3 Å². The van der Waals surface area contributed by atoms with Crippen molar-refractivity contribution in [2.75, 3.05) is 6.54 Å². The fourth-order valence-electron chi connectivity index (χ4n) is 4.84. The Morgan fingerprint density at radius 2 is 2.17 bits per heavy atom. The number of carbonyl (C=O) groups is 1. The topological polar surface area (TPSA) is 62.2 Å². The number of pyridine rings is 1. The third-order valence-corrected chi connectivity index (χ3v) is 6.52. The van der Waals surface area contributed by atoms with Crippen LogP contribution in [0, 0.1) is 23.2 Å². The molecule has 24 heavy (non-hydrogen) atoms. The fourth-order valence-corrected chi connectivity index (χ4v) is 4.84. The maximum Gasteiger partial charge on any atom is 0.255 e. The molecule has 1 amide bonds. The molecule has 2 bridgehead atoms. The SMILES string of the molecule is CC1(C)C2CCC(CNC(=O)c3ccc4cccnc4c3O)C1C2. The smallest absolute Gasteiger partial charge is 0.255 e. The summed E-state index contributed by atoms with van der Waals surface area (Å²) in [6.07, 6.45) is 5.40. The highest BCUT2D eigenvalue weighted by Gasteiger charge is 2.53. The van der Waals surface area contributed by atoms with E-state index in [2.05, 4.69) is 24.1 Å². The number of hydrogen-bond donors (Lipinski definition) is 2. The number of aromatic nitrogens is 1. The summed E-state index contributed by atoms with van der Waals surface area (Å²) in [5.41, 5.74) is 1.20. The van der Waals surface area contributed by atoms with Crippen molar-refractivity contribution in [3.63, 3.8) is 0 Å². The average molecular weight is 324 g/mol. The van der Waals surface area contributed by atoms with Gasteiger partial charge >= 0.3 is 0 Å². The molecule has 1 aromatic carbocycles. The lowest BCUT2D eigenvalue weighted by molar-refractivity contribution is -0.103. The molecule has 0 saturated heterocycles. The molecule has 3 atom stereocenters. The van der Waals surface area contributed by atoms with E-state index in [1.807, 2.05) is 18.2 Å². The Labute approximate surface area is 142 Å². The van der Waals surface area contributed by atoms with Crippen LogP contribution in [0.15, 0.2) is 30.5 Å². The van der Waals surface area contributed by atoms with Crippen molar-refractivity contribution in [1.82, 2.24) is 10.3 Å². The van der Waals surface area contributed by atoms with Gasteiger partial charge in [0.2, 0.25) is 0 Å². The van der Waals surface area contributed by atoms with Gasteiger partial charge in [-0.1, -0.05) is 26.0 Å². The van der Waals surface area contributed by atoms with Gasteiger partial charge in [-0.05, 0) is 54.6 Å². The van der Waals surface area contributed by atoms with Crippen LogP contribution in [0.25, 0.3) is 10.9 Å². The van der Waals surface area contributed by atoms with Gasteiger partial charge in [0.05, 0.1) is 5.56 Å². The number of nitrogens with one attached hydrogen (secondary N) is 1. The van der Waals surface area contributed by atoms with Crippen molar-refractivity contribution >= 4 is 16.8 Å². The average Bonchev–Trinajstić information content (AvgIpc) is 2.60. The van der Waals surface area contributed by atoms with E-state index in [4.69, 9.17) is 0 Å². The highest BCUT2D eigenvalue weighted by molar-refractivity contribution is 6.02. The number of rotatable bonds is 3. The minimum atomic E-state index is -0.209. The molecule has 3 aliphatic carbocycles. The first-order chi connectivity index (χ1) is 11.5. The molecule has 0 aliphatic heterocycles. The van der Waals surface area contributed by atoms with Crippen LogP contribution in [0.1, 0.15) is 43.5 Å². The van der Waals surface area contributed by atoms with Gasteiger partial charge < -0.3 is 10.4 Å². The van der Waals surface area contributed by atoms with Gasteiger partial charge in [-0.2, -0.15) is 0 Å². The molecule has 5 rings (SSSR count). The molecule has 2 aromatic rings. The minimum Gasteiger partial charge on any atom is -0.505 e. The number of amides is 1. The zero-order valence-electron chi connectivity index (χ0n) is 14.2. The van der Waals surface area contributed by atoms with E-state index in [0.29, 0.717) is 34.9 Å². The molecule has 1 heterocycles. The molecule has 4 nitrogen and oxygen atoms in total. The molecule has 2 N–H and O–H groups in total. The highest BCUT2D eigenvalue weighted by atomic mass is 16.3. The lowest BCUT2D eigenvalue weighted by atomic mass is 9.45. The van der Waals surface area contributed by atoms with Crippen molar-refractivity contribution < 1.29 is 9.90 Å². The second-order valence-corrected chi connectivity index (χ2v) is 7.94. The molecular weight excluding hydrogens is 300 g/mol. The normalized spacial score (nSPS) is 27.5. The van der Waals surface area contributed by atoms with Crippen LogP contribution in [-0.2, 0) is 0 Å². The summed E-state index contributed by atoms with van der Waals surface area (Å²) in [4.78, 5) is 16.7. The van der Waals surface area contributed by atoms with E-state index in [9.17, 15) is 9.90 Å². The highest BCUT2D eigenvalue weighted by Crippen LogP contribution is 2.61. The van der Waals surface area contributed by atoms with Crippen molar-refractivity contribution in [2.45, 2.75) is 33.1 Å². The van der Waals surface area contributed by atoms with E-state index < -0.39 is 0 Å². The van der Waals surface area contributed by atoms with Gasteiger partial charge in [-0.15, -0.1) is 0 Å². The monoisotopic (exact) mass is 324 g/mol. The Balaban J connectivity index is 1.48. The standard InChI is InChI=1S/C20H24N2O2/c1-20(2)14-7-5-13(16(20)10-14)11-22-19(24)15-8-6-12-4-3-9-21-17(12)18(15)23/h3-4,6,8-9,13-14,16,23H,5,7,10-11H2,1-2H3,(H,22,24). The van der Waals surface area contributed by atoms with Crippen molar-refractivity contribution in [3.8, 4) is 5.75 Å². The van der Waals surface area contributed by atoms with Crippen LogP contribution in [0.4, 0.5) is 0 Å². The van der Waals surface area contributed by atoms with Crippen molar-refractivity contribution in [1.29, 1.82) is 0 Å².